The second kappa shape index (κ2) is 5.16. The summed E-state index contributed by atoms with van der Waals surface area (Å²) in [6, 6.07) is 8.99. The van der Waals surface area contributed by atoms with Gasteiger partial charge in [-0.3, -0.25) is 0 Å². The normalized spacial score (nSPS) is 25.6. The molecule has 3 aliphatic rings. The van der Waals surface area contributed by atoms with Crippen molar-refractivity contribution < 1.29 is 8.42 Å². The molecule has 7 heteroatoms. The first-order chi connectivity index (χ1) is 12.0. The van der Waals surface area contributed by atoms with Crippen LogP contribution in [0.1, 0.15) is 37.3 Å². The lowest BCUT2D eigenvalue weighted by molar-refractivity contribution is -0.0113. The fourth-order valence-corrected chi connectivity index (χ4v) is 5.94. The van der Waals surface area contributed by atoms with Crippen molar-refractivity contribution in [1.82, 2.24) is 13.9 Å². The molecule has 2 aliphatic heterocycles. The molecule has 1 unspecified atom stereocenters. The van der Waals surface area contributed by atoms with E-state index >= 15 is 0 Å². The zero-order valence-corrected chi connectivity index (χ0v) is 14.8. The molecule has 2 N–H and O–H groups in total. The number of hydrogen-bond acceptors (Lipinski definition) is 3. The van der Waals surface area contributed by atoms with Gasteiger partial charge in [0.25, 0.3) is 10.2 Å². The Labute approximate surface area is 147 Å². The number of aromatic nitrogens is 2. The molecule has 5 rings (SSSR count). The summed E-state index contributed by atoms with van der Waals surface area (Å²) in [5.41, 5.74) is 4.21. The Morgan fingerprint density at radius 2 is 1.88 bits per heavy atom. The van der Waals surface area contributed by atoms with Crippen molar-refractivity contribution >= 4 is 10.2 Å². The highest BCUT2D eigenvalue weighted by Gasteiger charge is 2.51. The monoisotopic (exact) mass is 358 g/mol. The quantitative estimate of drug-likeness (QED) is 0.893. The maximum atomic E-state index is 11.5. The summed E-state index contributed by atoms with van der Waals surface area (Å²) < 4.78 is 26.8. The van der Waals surface area contributed by atoms with Crippen LogP contribution < -0.4 is 5.14 Å². The Bertz CT molecular complexity index is 920. The molecule has 0 amide bonds. The number of benzene rings is 1. The zero-order chi connectivity index (χ0) is 17.2. The molecule has 1 aliphatic carbocycles. The van der Waals surface area contributed by atoms with Crippen LogP contribution in [0.5, 0.6) is 0 Å². The van der Waals surface area contributed by atoms with Crippen molar-refractivity contribution in [3.63, 3.8) is 0 Å². The highest BCUT2D eigenvalue weighted by Crippen LogP contribution is 2.59. The van der Waals surface area contributed by atoms with Crippen LogP contribution in [-0.4, -0.2) is 35.4 Å². The van der Waals surface area contributed by atoms with E-state index in [0.29, 0.717) is 30.5 Å². The summed E-state index contributed by atoms with van der Waals surface area (Å²) in [5.74, 6) is 0.595. The molecule has 3 heterocycles. The number of fused-ring (bicyclic) bond motifs is 3. The van der Waals surface area contributed by atoms with E-state index in [0.717, 1.165) is 25.7 Å². The molecule has 132 valence electrons. The van der Waals surface area contributed by atoms with Gasteiger partial charge in [0.15, 0.2) is 0 Å². The van der Waals surface area contributed by atoms with Crippen molar-refractivity contribution in [2.45, 2.75) is 31.7 Å². The molecule has 0 bridgehead atoms. The molecular weight excluding hydrogens is 336 g/mol. The van der Waals surface area contributed by atoms with E-state index in [-0.39, 0.29) is 0 Å². The van der Waals surface area contributed by atoms with Gasteiger partial charge in [0.1, 0.15) is 0 Å². The van der Waals surface area contributed by atoms with E-state index in [9.17, 15) is 8.42 Å². The van der Waals surface area contributed by atoms with Gasteiger partial charge in [-0.25, -0.2) is 10.1 Å². The first kappa shape index (κ1) is 15.5. The van der Waals surface area contributed by atoms with Crippen molar-refractivity contribution in [3.05, 3.63) is 42.4 Å². The van der Waals surface area contributed by atoms with Crippen LogP contribution in [0.2, 0.25) is 0 Å². The summed E-state index contributed by atoms with van der Waals surface area (Å²) in [6.07, 6.45) is 8.06. The van der Waals surface area contributed by atoms with Gasteiger partial charge < -0.3 is 4.57 Å². The summed E-state index contributed by atoms with van der Waals surface area (Å²) in [7, 11) is -3.54. The highest BCUT2D eigenvalue weighted by atomic mass is 32.2. The van der Waals surface area contributed by atoms with Crippen LogP contribution in [0.3, 0.4) is 0 Å². The Morgan fingerprint density at radius 1 is 1.16 bits per heavy atom. The third-order valence-corrected chi connectivity index (χ3v) is 7.59. The van der Waals surface area contributed by atoms with Gasteiger partial charge in [-0.15, -0.1) is 0 Å². The first-order valence-electron chi connectivity index (χ1n) is 8.86. The van der Waals surface area contributed by atoms with Gasteiger partial charge in [-0.05, 0) is 42.6 Å². The Balaban J connectivity index is 1.35. The van der Waals surface area contributed by atoms with Gasteiger partial charge in [0, 0.05) is 18.7 Å². The minimum atomic E-state index is -3.54. The molecule has 1 saturated carbocycles. The number of imidazole rings is 1. The van der Waals surface area contributed by atoms with Gasteiger partial charge in [0.2, 0.25) is 0 Å². The maximum absolute atomic E-state index is 11.5. The average Bonchev–Trinajstić information content (AvgIpc) is 3.13. The lowest BCUT2D eigenvalue weighted by atomic mass is 9.55. The van der Waals surface area contributed by atoms with Gasteiger partial charge in [-0.2, -0.15) is 12.7 Å². The third kappa shape index (κ3) is 2.29. The fourth-order valence-electron chi connectivity index (χ4n) is 5.25. The molecular formula is C18H22N4O2S. The van der Waals surface area contributed by atoms with Crippen LogP contribution >= 0.6 is 0 Å². The molecule has 1 aromatic carbocycles. The summed E-state index contributed by atoms with van der Waals surface area (Å²) in [5, 5.41) is 5.27. The van der Waals surface area contributed by atoms with E-state index in [2.05, 4.69) is 33.8 Å². The topological polar surface area (TPSA) is 81.2 Å². The SMILES string of the molecule is NS(=O)(=O)N1CCC2(CC1)CC(C1c3ccccc3-c3cncn31)C2. The van der Waals surface area contributed by atoms with Crippen molar-refractivity contribution in [2.24, 2.45) is 16.5 Å². The number of nitrogens with two attached hydrogens (primary N) is 1. The minimum absolute atomic E-state index is 0.296. The predicted molar refractivity (Wildman–Crippen MR) is 94.9 cm³/mol. The van der Waals surface area contributed by atoms with Crippen LogP contribution in [0.25, 0.3) is 11.3 Å². The Kier molecular flexibility index (Phi) is 3.21. The minimum Gasteiger partial charge on any atom is -0.323 e. The van der Waals surface area contributed by atoms with E-state index in [1.165, 1.54) is 21.1 Å². The van der Waals surface area contributed by atoms with Crippen LogP contribution in [0.15, 0.2) is 36.8 Å². The average molecular weight is 358 g/mol. The summed E-state index contributed by atoms with van der Waals surface area (Å²) >= 11 is 0. The standard InChI is InChI=1S/C18H22N4O2S/c19-25(23,24)21-7-5-18(6-8-21)9-13(10-18)17-15-4-2-1-3-14(15)16-11-20-12-22(16)17/h1-4,11-13,17H,5-10H2,(H2,19,23,24). The highest BCUT2D eigenvalue weighted by molar-refractivity contribution is 7.86. The molecule has 1 spiro atoms. The molecule has 1 atom stereocenters. The van der Waals surface area contributed by atoms with E-state index in [4.69, 9.17) is 5.14 Å². The van der Waals surface area contributed by atoms with Crippen molar-refractivity contribution in [1.29, 1.82) is 0 Å². The molecule has 2 aromatic rings. The zero-order valence-electron chi connectivity index (χ0n) is 14.0. The van der Waals surface area contributed by atoms with Gasteiger partial charge in [-0.1, -0.05) is 24.3 Å². The Hall–Kier alpha value is -1.70. The third-order valence-electron chi connectivity index (χ3n) is 6.50. The molecule has 1 aromatic heterocycles. The van der Waals surface area contributed by atoms with E-state index < -0.39 is 10.2 Å². The first-order valence-corrected chi connectivity index (χ1v) is 10.4. The predicted octanol–water partition coefficient (Wildman–Crippen LogP) is 2.15. The lowest BCUT2D eigenvalue weighted by Gasteiger charge is -2.53. The molecule has 0 radical (unpaired) electrons. The van der Waals surface area contributed by atoms with Crippen LogP contribution in [0, 0.1) is 11.3 Å². The van der Waals surface area contributed by atoms with E-state index in [1.807, 2.05) is 12.5 Å². The summed E-state index contributed by atoms with van der Waals surface area (Å²) in [4.78, 5) is 4.35. The smallest absolute Gasteiger partial charge is 0.276 e. The van der Waals surface area contributed by atoms with E-state index in [1.54, 1.807) is 0 Å². The Morgan fingerprint density at radius 3 is 2.60 bits per heavy atom. The lowest BCUT2D eigenvalue weighted by Crippen LogP contribution is -2.51. The fraction of sp³-hybridized carbons (Fsp3) is 0.500. The molecule has 6 nitrogen and oxygen atoms in total. The number of rotatable bonds is 2. The second-order valence-corrected chi connectivity index (χ2v) is 9.38. The number of nitrogens with zero attached hydrogens (tertiary/aromatic N) is 3. The second-order valence-electron chi connectivity index (χ2n) is 7.83. The van der Waals surface area contributed by atoms with Crippen LogP contribution in [0.4, 0.5) is 0 Å². The van der Waals surface area contributed by atoms with Crippen molar-refractivity contribution in [3.8, 4) is 11.3 Å². The molecule has 2 fully saturated rings. The molecule has 25 heavy (non-hydrogen) atoms. The summed E-state index contributed by atoms with van der Waals surface area (Å²) in [6.45, 7) is 1.12. The number of piperidine rings is 1. The van der Waals surface area contributed by atoms with Gasteiger partial charge >= 0.3 is 0 Å². The van der Waals surface area contributed by atoms with Crippen molar-refractivity contribution in [2.75, 3.05) is 13.1 Å². The maximum Gasteiger partial charge on any atom is 0.276 e. The largest absolute Gasteiger partial charge is 0.323 e. The van der Waals surface area contributed by atoms with Crippen LogP contribution in [-0.2, 0) is 10.2 Å². The number of hydrogen-bond donors (Lipinski definition) is 1. The molecule has 1 saturated heterocycles. The van der Waals surface area contributed by atoms with Gasteiger partial charge in [0.05, 0.1) is 24.3 Å².